The highest BCUT2D eigenvalue weighted by Gasteiger charge is 2.32. The van der Waals surface area contributed by atoms with Crippen LogP contribution in [0.2, 0.25) is 0 Å². The zero-order chi connectivity index (χ0) is 16.9. The number of nitrogens with zero attached hydrogens (tertiary/aromatic N) is 2. The largest absolute Gasteiger partial charge is 0.484 e. The second-order valence-electron chi connectivity index (χ2n) is 4.24. The van der Waals surface area contributed by atoms with E-state index < -0.39 is 30.2 Å². The number of hydrazone groups is 1. The molecule has 0 aliphatic carbocycles. The lowest BCUT2D eigenvalue weighted by Crippen LogP contribution is -2.24. The minimum atomic E-state index is -4.54. The van der Waals surface area contributed by atoms with E-state index in [9.17, 15) is 22.4 Å². The molecule has 2 rings (SSSR count). The molecule has 122 valence electrons. The van der Waals surface area contributed by atoms with Gasteiger partial charge >= 0.3 is 6.18 Å². The Morgan fingerprint density at radius 3 is 2.83 bits per heavy atom. The van der Waals surface area contributed by atoms with Crippen molar-refractivity contribution in [3.63, 3.8) is 0 Å². The summed E-state index contributed by atoms with van der Waals surface area (Å²) in [7, 11) is 0. The van der Waals surface area contributed by atoms with Gasteiger partial charge in [-0.05, 0) is 18.2 Å². The van der Waals surface area contributed by atoms with Crippen LogP contribution in [0.5, 0.6) is 5.75 Å². The number of hydrogen-bond acceptors (Lipinski definition) is 4. The Morgan fingerprint density at radius 2 is 2.17 bits per heavy atom. The van der Waals surface area contributed by atoms with E-state index in [4.69, 9.17) is 4.74 Å². The van der Waals surface area contributed by atoms with Crippen LogP contribution >= 0.6 is 0 Å². The fourth-order valence-electron chi connectivity index (χ4n) is 1.46. The number of hydrogen-bond donors (Lipinski definition) is 2. The van der Waals surface area contributed by atoms with E-state index >= 15 is 0 Å². The lowest BCUT2D eigenvalue weighted by molar-refractivity contribution is -0.141. The molecule has 0 aliphatic heterocycles. The van der Waals surface area contributed by atoms with E-state index in [2.05, 4.69) is 10.2 Å². The van der Waals surface area contributed by atoms with Gasteiger partial charge in [0.2, 0.25) is 0 Å². The smallest absolute Gasteiger partial charge is 0.432 e. The summed E-state index contributed by atoms with van der Waals surface area (Å²) in [6.45, 7) is -0.435. The van der Waals surface area contributed by atoms with Crippen LogP contribution in [0.3, 0.4) is 0 Å². The van der Waals surface area contributed by atoms with E-state index in [1.54, 1.807) is 5.10 Å². The zero-order valence-corrected chi connectivity index (χ0v) is 11.4. The van der Waals surface area contributed by atoms with E-state index in [-0.39, 0.29) is 11.4 Å². The molecule has 10 heteroatoms. The summed E-state index contributed by atoms with van der Waals surface area (Å²) in [5, 5.41) is 8.60. The van der Waals surface area contributed by atoms with Crippen LogP contribution in [-0.4, -0.2) is 28.9 Å². The summed E-state index contributed by atoms with van der Waals surface area (Å²) in [5.41, 5.74) is 0.905. The summed E-state index contributed by atoms with van der Waals surface area (Å²) < 4.78 is 54.8. The Hall–Kier alpha value is -2.91. The molecule has 1 heterocycles. The first-order valence-electron chi connectivity index (χ1n) is 6.17. The molecule has 1 aromatic heterocycles. The molecule has 1 aromatic carbocycles. The third kappa shape index (κ3) is 5.09. The number of rotatable bonds is 5. The second kappa shape index (κ2) is 6.90. The Bertz CT molecular complexity index is 712. The van der Waals surface area contributed by atoms with Crippen molar-refractivity contribution in [1.82, 2.24) is 15.6 Å². The molecule has 2 N–H and O–H groups in total. The van der Waals surface area contributed by atoms with Crippen LogP contribution in [0.15, 0.2) is 35.4 Å². The third-order valence-electron chi connectivity index (χ3n) is 2.46. The van der Waals surface area contributed by atoms with Crippen molar-refractivity contribution in [2.75, 3.05) is 6.61 Å². The molecule has 0 spiro atoms. The van der Waals surface area contributed by atoms with Crippen LogP contribution < -0.4 is 10.2 Å². The molecule has 0 saturated heterocycles. The van der Waals surface area contributed by atoms with Crippen LogP contribution in [0.1, 0.15) is 11.4 Å². The molecule has 0 aliphatic rings. The molecule has 6 nitrogen and oxygen atoms in total. The number of carbonyl (C=O) groups is 1. The van der Waals surface area contributed by atoms with E-state index in [0.717, 1.165) is 18.3 Å². The number of aromatic nitrogens is 2. The molecule has 0 atom stereocenters. The second-order valence-corrected chi connectivity index (χ2v) is 4.24. The predicted molar refractivity (Wildman–Crippen MR) is 71.2 cm³/mol. The maximum Gasteiger partial charge on any atom is 0.432 e. The first-order chi connectivity index (χ1) is 10.8. The minimum Gasteiger partial charge on any atom is -0.484 e. The van der Waals surface area contributed by atoms with Gasteiger partial charge in [-0.15, -0.1) is 0 Å². The number of H-pyrrole nitrogens is 1. The molecular formula is C13H10F4N4O2. The van der Waals surface area contributed by atoms with Gasteiger partial charge < -0.3 is 4.74 Å². The van der Waals surface area contributed by atoms with E-state index in [1.165, 1.54) is 18.2 Å². The van der Waals surface area contributed by atoms with Gasteiger partial charge in [0.15, 0.2) is 6.61 Å². The Kier molecular flexibility index (Phi) is 4.94. The molecule has 0 unspecified atom stereocenters. The van der Waals surface area contributed by atoms with Crippen molar-refractivity contribution in [3.05, 3.63) is 47.5 Å². The number of halogens is 4. The first kappa shape index (κ1) is 16.5. The van der Waals surface area contributed by atoms with Crippen LogP contribution in [0.25, 0.3) is 0 Å². The summed E-state index contributed by atoms with van der Waals surface area (Å²) in [4.78, 5) is 11.4. The fraction of sp³-hybridized carbons (Fsp3) is 0.154. The maximum absolute atomic E-state index is 12.9. The number of benzene rings is 1. The average Bonchev–Trinajstić information content (AvgIpc) is 2.94. The van der Waals surface area contributed by atoms with Gasteiger partial charge in [0.05, 0.1) is 6.21 Å². The number of ether oxygens (including phenoxy) is 1. The third-order valence-corrected chi connectivity index (χ3v) is 2.46. The Labute approximate surface area is 127 Å². The number of nitrogens with one attached hydrogen (secondary N) is 2. The van der Waals surface area contributed by atoms with Gasteiger partial charge in [0, 0.05) is 6.07 Å². The van der Waals surface area contributed by atoms with Crippen molar-refractivity contribution in [2.45, 2.75) is 6.18 Å². The van der Waals surface area contributed by atoms with Gasteiger partial charge in [-0.1, -0.05) is 6.07 Å². The lowest BCUT2D eigenvalue weighted by atomic mass is 10.3. The van der Waals surface area contributed by atoms with Gasteiger partial charge in [0.1, 0.15) is 23.0 Å². The van der Waals surface area contributed by atoms with Crippen molar-refractivity contribution in [3.8, 4) is 5.75 Å². The number of aromatic amines is 1. The first-order valence-corrected chi connectivity index (χ1v) is 6.17. The SMILES string of the molecule is O=C(COc1cccc(F)c1)N/N=C/c1cc(C(F)(F)F)[nH]n1. The average molecular weight is 330 g/mol. The Balaban J connectivity index is 1.81. The van der Waals surface area contributed by atoms with Crippen LogP contribution in [-0.2, 0) is 11.0 Å². The molecular weight excluding hydrogens is 320 g/mol. The zero-order valence-electron chi connectivity index (χ0n) is 11.4. The molecule has 0 fully saturated rings. The summed E-state index contributed by atoms with van der Waals surface area (Å²) in [6, 6.07) is 5.92. The maximum atomic E-state index is 12.9. The molecule has 2 aromatic rings. The van der Waals surface area contributed by atoms with E-state index in [0.29, 0.717) is 0 Å². The molecule has 0 saturated carbocycles. The lowest BCUT2D eigenvalue weighted by Gasteiger charge is -2.04. The van der Waals surface area contributed by atoms with Gasteiger partial charge in [-0.2, -0.15) is 23.4 Å². The number of alkyl halides is 3. The summed E-state index contributed by atoms with van der Waals surface area (Å²) >= 11 is 0. The van der Waals surface area contributed by atoms with Gasteiger partial charge in [-0.25, -0.2) is 9.82 Å². The molecule has 23 heavy (non-hydrogen) atoms. The molecule has 0 bridgehead atoms. The van der Waals surface area contributed by atoms with Crippen molar-refractivity contribution >= 4 is 12.1 Å². The normalized spacial score (nSPS) is 11.7. The van der Waals surface area contributed by atoms with Crippen molar-refractivity contribution < 1.29 is 27.1 Å². The highest BCUT2D eigenvalue weighted by Crippen LogP contribution is 2.27. The predicted octanol–water partition coefficient (Wildman–Crippen LogP) is 2.10. The monoisotopic (exact) mass is 330 g/mol. The topological polar surface area (TPSA) is 79.4 Å². The van der Waals surface area contributed by atoms with Crippen molar-refractivity contribution in [1.29, 1.82) is 0 Å². The standard InChI is InChI=1S/C13H10F4N4O2/c14-8-2-1-3-10(4-8)23-7-12(22)21-18-6-9-5-11(20-19-9)13(15,16)17/h1-6H,7H2,(H,19,20)(H,21,22)/b18-6+. The Morgan fingerprint density at radius 1 is 1.39 bits per heavy atom. The molecule has 0 radical (unpaired) electrons. The number of carbonyl (C=O) groups excluding carboxylic acids is 1. The minimum absolute atomic E-state index is 0.108. The van der Waals surface area contributed by atoms with Crippen LogP contribution in [0.4, 0.5) is 17.6 Å². The van der Waals surface area contributed by atoms with E-state index in [1.807, 2.05) is 5.43 Å². The quantitative estimate of drug-likeness (QED) is 0.500. The van der Waals surface area contributed by atoms with Crippen molar-refractivity contribution in [2.24, 2.45) is 5.10 Å². The number of amides is 1. The van der Waals surface area contributed by atoms with Gasteiger partial charge in [-0.3, -0.25) is 9.89 Å². The summed E-state index contributed by atoms with van der Waals surface area (Å²) in [5.74, 6) is -1.02. The summed E-state index contributed by atoms with van der Waals surface area (Å²) in [6.07, 6.45) is -3.60. The van der Waals surface area contributed by atoms with Crippen LogP contribution in [0, 0.1) is 5.82 Å². The molecule has 1 amide bonds. The fourth-order valence-corrected chi connectivity index (χ4v) is 1.46. The highest BCUT2D eigenvalue weighted by atomic mass is 19.4. The highest BCUT2D eigenvalue weighted by molar-refractivity contribution is 5.81. The van der Waals surface area contributed by atoms with Gasteiger partial charge in [0.25, 0.3) is 5.91 Å².